The Labute approximate surface area is 139 Å². The summed E-state index contributed by atoms with van der Waals surface area (Å²) < 4.78 is 1.86. The molecule has 1 aromatic heterocycles. The molecule has 0 bridgehead atoms. The van der Waals surface area contributed by atoms with E-state index in [2.05, 4.69) is 6.07 Å². The van der Waals surface area contributed by atoms with Gasteiger partial charge in [-0.3, -0.25) is 4.79 Å². The Morgan fingerprint density at radius 2 is 1.79 bits per heavy atom. The number of nitrogens with zero attached hydrogens (tertiary/aromatic N) is 3. The number of para-hydroxylation sites is 1. The lowest BCUT2D eigenvalue weighted by atomic mass is 9.99. The molecule has 24 heavy (non-hydrogen) atoms. The van der Waals surface area contributed by atoms with E-state index in [1.807, 2.05) is 41.9 Å². The Bertz CT molecular complexity index is 1060. The number of carbonyl (C=O) groups excluding carboxylic acids is 1. The highest BCUT2D eigenvalue weighted by molar-refractivity contribution is 6.20. The summed E-state index contributed by atoms with van der Waals surface area (Å²) in [4.78, 5) is 12.8. The number of benzene rings is 2. The fourth-order valence-electron chi connectivity index (χ4n) is 2.70. The van der Waals surface area contributed by atoms with Crippen LogP contribution in [-0.4, -0.2) is 10.4 Å². The van der Waals surface area contributed by atoms with Gasteiger partial charge in [-0.05, 0) is 23.8 Å². The van der Waals surface area contributed by atoms with Gasteiger partial charge in [-0.25, -0.2) is 0 Å². The Hall–Kier alpha value is -3.63. The molecule has 2 aromatic carbocycles. The molecule has 0 N–H and O–H groups in total. The van der Waals surface area contributed by atoms with Crippen LogP contribution in [0.3, 0.4) is 0 Å². The summed E-state index contributed by atoms with van der Waals surface area (Å²) in [5.41, 5.74) is 2.40. The summed E-state index contributed by atoms with van der Waals surface area (Å²) >= 11 is 0. The third-order valence-electron chi connectivity index (χ3n) is 3.89. The molecule has 0 aliphatic heterocycles. The van der Waals surface area contributed by atoms with E-state index in [9.17, 15) is 10.1 Å². The molecule has 0 amide bonds. The minimum absolute atomic E-state index is 0.00838. The molecule has 0 unspecified atom stereocenters. The van der Waals surface area contributed by atoms with Crippen LogP contribution < -0.4 is 0 Å². The molecule has 4 nitrogen and oxygen atoms in total. The normalized spacial score (nSPS) is 11.0. The highest BCUT2D eigenvalue weighted by Crippen LogP contribution is 2.24. The van der Waals surface area contributed by atoms with Crippen molar-refractivity contribution in [2.75, 3.05) is 0 Å². The number of nitriles is 2. The van der Waals surface area contributed by atoms with E-state index >= 15 is 0 Å². The van der Waals surface area contributed by atoms with Crippen molar-refractivity contribution in [3.63, 3.8) is 0 Å². The van der Waals surface area contributed by atoms with Gasteiger partial charge in [0.15, 0.2) is 0 Å². The molecular formula is C20H13N3O. The highest BCUT2D eigenvalue weighted by Gasteiger charge is 2.18. The molecule has 0 aliphatic carbocycles. The van der Waals surface area contributed by atoms with Gasteiger partial charge in [0.1, 0.15) is 11.6 Å². The largest absolute Gasteiger partial charge is 0.350 e. The molecule has 0 saturated carbocycles. The maximum atomic E-state index is 12.8. The van der Waals surface area contributed by atoms with Gasteiger partial charge in [0.25, 0.3) is 0 Å². The maximum Gasteiger partial charge on any atom is 0.205 e. The third-order valence-corrected chi connectivity index (χ3v) is 3.89. The van der Waals surface area contributed by atoms with Gasteiger partial charge < -0.3 is 4.57 Å². The smallest absolute Gasteiger partial charge is 0.205 e. The Morgan fingerprint density at radius 1 is 1.08 bits per heavy atom. The first kappa shape index (κ1) is 15.3. The Balaban J connectivity index is 2.12. The zero-order chi connectivity index (χ0) is 17.1. The molecule has 0 atom stereocenters. The summed E-state index contributed by atoms with van der Waals surface area (Å²) in [6.07, 6.45) is 3.21. The molecule has 3 aromatic rings. The van der Waals surface area contributed by atoms with Gasteiger partial charge in [-0.2, -0.15) is 10.5 Å². The number of aromatic nitrogens is 1. The minimum Gasteiger partial charge on any atom is -0.350 e. The van der Waals surface area contributed by atoms with E-state index < -0.39 is 0 Å². The molecule has 3 rings (SSSR count). The van der Waals surface area contributed by atoms with Gasteiger partial charge in [0.2, 0.25) is 5.78 Å². The van der Waals surface area contributed by atoms with Gasteiger partial charge in [0.05, 0.1) is 11.6 Å². The molecule has 114 valence electrons. The monoisotopic (exact) mass is 311 g/mol. The summed E-state index contributed by atoms with van der Waals surface area (Å²) in [5.74, 6) is -0.345. The average Bonchev–Trinajstić information content (AvgIpc) is 2.96. The average molecular weight is 311 g/mol. The molecule has 0 saturated heterocycles. The summed E-state index contributed by atoms with van der Waals surface area (Å²) in [6.45, 7) is 0. The number of carbonyl (C=O) groups is 1. The summed E-state index contributed by atoms with van der Waals surface area (Å²) in [7, 11) is 1.86. The number of hydrogen-bond acceptors (Lipinski definition) is 3. The van der Waals surface area contributed by atoms with E-state index in [0.29, 0.717) is 16.7 Å². The van der Waals surface area contributed by atoms with Crippen LogP contribution in [0.2, 0.25) is 0 Å². The van der Waals surface area contributed by atoms with Crippen molar-refractivity contribution < 1.29 is 4.79 Å². The fourth-order valence-corrected chi connectivity index (χ4v) is 2.70. The number of aryl methyl sites for hydroxylation is 1. The van der Waals surface area contributed by atoms with Crippen LogP contribution in [0, 0.1) is 22.7 Å². The van der Waals surface area contributed by atoms with Crippen LogP contribution in [0.15, 0.2) is 60.3 Å². The number of fused-ring (bicyclic) bond motifs is 1. The SMILES string of the molecule is Cn1cc(C(=O)/C(C#N)=C/c2ccccc2C#N)c2ccccc21. The molecule has 0 fully saturated rings. The summed E-state index contributed by atoms with van der Waals surface area (Å²) in [6, 6.07) is 18.5. The predicted molar refractivity (Wildman–Crippen MR) is 92.0 cm³/mol. The second-order valence-corrected chi connectivity index (χ2v) is 5.37. The Morgan fingerprint density at radius 3 is 2.54 bits per heavy atom. The lowest BCUT2D eigenvalue weighted by Crippen LogP contribution is -2.01. The highest BCUT2D eigenvalue weighted by atomic mass is 16.1. The first-order valence-corrected chi connectivity index (χ1v) is 7.35. The molecular weight excluding hydrogens is 298 g/mol. The van der Waals surface area contributed by atoms with Crippen molar-refractivity contribution in [2.45, 2.75) is 0 Å². The quantitative estimate of drug-likeness (QED) is 0.419. The van der Waals surface area contributed by atoms with Crippen molar-refractivity contribution in [3.05, 3.63) is 77.0 Å². The van der Waals surface area contributed by atoms with E-state index in [4.69, 9.17) is 5.26 Å². The molecule has 0 aliphatic rings. The van der Waals surface area contributed by atoms with Gasteiger partial charge >= 0.3 is 0 Å². The zero-order valence-corrected chi connectivity index (χ0v) is 13.0. The zero-order valence-electron chi connectivity index (χ0n) is 13.0. The van der Waals surface area contributed by atoms with Gasteiger partial charge in [-0.15, -0.1) is 0 Å². The first-order valence-electron chi connectivity index (χ1n) is 7.35. The van der Waals surface area contributed by atoms with Crippen LogP contribution in [0.25, 0.3) is 17.0 Å². The number of Topliss-reactive ketones (excluding diaryl/α,β-unsaturated/α-hetero) is 1. The summed E-state index contributed by atoms with van der Waals surface area (Å²) in [5, 5.41) is 19.4. The number of rotatable bonds is 3. The molecule has 0 spiro atoms. The fraction of sp³-hybridized carbons (Fsp3) is 0.0500. The lowest BCUT2D eigenvalue weighted by molar-refractivity contribution is 0.104. The number of ketones is 1. The third kappa shape index (κ3) is 2.58. The van der Waals surface area contributed by atoms with Crippen LogP contribution in [0.1, 0.15) is 21.5 Å². The van der Waals surface area contributed by atoms with E-state index in [-0.39, 0.29) is 11.4 Å². The van der Waals surface area contributed by atoms with Crippen molar-refractivity contribution in [1.29, 1.82) is 10.5 Å². The second-order valence-electron chi connectivity index (χ2n) is 5.37. The van der Waals surface area contributed by atoms with Crippen LogP contribution in [0.4, 0.5) is 0 Å². The van der Waals surface area contributed by atoms with E-state index in [1.165, 1.54) is 6.08 Å². The van der Waals surface area contributed by atoms with Crippen LogP contribution >= 0.6 is 0 Å². The number of hydrogen-bond donors (Lipinski definition) is 0. The van der Waals surface area contributed by atoms with Crippen molar-refractivity contribution in [2.24, 2.45) is 7.05 Å². The Kier molecular flexibility index (Phi) is 3.97. The predicted octanol–water partition coefficient (Wildman–Crippen LogP) is 3.84. The van der Waals surface area contributed by atoms with Crippen LogP contribution in [0.5, 0.6) is 0 Å². The van der Waals surface area contributed by atoms with Gasteiger partial charge in [-0.1, -0.05) is 36.4 Å². The first-order chi connectivity index (χ1) is 11.7. The van der Waals surface area contributed by atoms with E-state index in [1.54, 1.807) is 30.5 Å². The van der Waals surface area contributed by atoms with Crippen molar-refractivity contribution in [3.8, 4) is 12.1 Å². The maximum absolute atomic E-state index is 12.8. The van der Waals surface area contributed by atoms with Crippen molar-refractivity contribution in [1.82, 2.24) is 4.57 Å². The topological polar surface area (TPSA) is 69.6 Å². The standard InChI is InChI=1S/C20H13N3O/c1-23-13-18(17-8-4-5-9-19(17)23)20(24)16(12-22)10-14-6-2-3-7-15(14)11-21/h2-10,13H,1H3/b16-10+. The molecule has 1 heterocycles. The lowest BCUT2D eigenvalue weighted by Gasteiger charge is -2.00. The molecule has 4 heteroatoms. The number of allylic oxidation sites excluding steroid dienone is 1. The molecule has 0 radical (unpaired) electrons. The van der Waals surface area contributed by atoms with E-state index in [0.717, 1.165) is 10.9 Å². The minimum atomic E-state index is -0.345. The van der Waals surface area contributed by atoms with Gasteiger partial charge in [0, 0.05) is 29.7 Å². The second kappa shape index (κ2) is 6.24. The van der Waals surface area contributed by atoms with Crippen LogP contribution in [-0.2, 0) is 7.05 Å². The van der Waals surface area contributed by atoms with Crippen molar-refractivity contribution >= 4 is 22.8 Å².